The van der Waals surface area contributed by atoms with E-state index in [4.69, 9.17) is 4.84 Å². The highest BCUT2D eigenvalue weighted by Crippen LogP contribution is 2.66. The Balaban J connectivity index is 1.38. The second-order valence-electron chi connectivity index (χ2n) is 10.7. The summed E-state index contributed by atoms with van der Waals surface area (Å²) in [6.45, 7) is 8.74. The number of Topliss-reactive ketones (excluding diaryl/α,β-unsaturated/α-hetero) is 1. The van der Waals surface area contributed by atoms with Crippen molar-refractivity contribution < 1.29 is 14.7 Å². The Morgan fingerprint density at radius 2 is 2.07 bits per heavy atom. The van der Waals surface area contributed by atoms with E-state index in [-0.39, 0.29) is 29.5 Å². The fourth-order valence-electron chi connectivity index (χ4n) is 7.79. The highest BCUT2D eigenvalue weighted by Gasteiger charge is 2.62. The SMILES string of the molecule is C=C1CCC2C3CC(=O)C4CC(=NOC5CCNC5)CC[C@]4(CO)C3CC[C@]12C. The zero-order valence-electron chi connectivity index (χ0n) is 17.8. The molecule has 0 aromatic rings. The van der Waals surface area contributed by atoms with Gasteiger partial charge >= 0.3 is 0 Å². The van der Waals surface area contributed by atoms with Crippen LogP contribution in [0.2, 0.25) is 0 Å². The van der Waals surface area contributed by atoms with Gasteiger partial charge in [-0.25, -0.2) is 0 Å². The van der Waals surface area contributed by atoms with E-state index in [1.807, 2.05) is 0 Å². The normalized spacial score (nSPS) is 48.3. The first-order chi connectivity index (χ1) is 14.0. The van der Waals surface area contributed by atoms with Crippen molar-refractivity contribution in [3.8, 4) is 0 Å². The maximum absolute atomic E-state index is 13.4. The molecular weight excluding hydrogens is 364 g/mol. The van der Waals surface area contributed by atoms with Crippen LogP contribution in [-0.4, -0.2) is 42.4 Å². The van der Waals surface area contributed by atoms with Crippen molar-refractivity contribution in [2.24, 2.45) is 39.7 Å². The highest BCUT2D eigenvalue weighted by atomic mass is 16.6. The molecule has 7 atom stereocenters. The average Bonchev–Trinajstić information content (AvgIpc) is 3.35. The molecule has 0 aromatic carbocycles. The predicted molar refractivity (Wildman–Crippen MR) is 112 cm³/mol. The lowest BCUT2D eigenvalue weighted by atomic mass is 9.44. The van der Waals surface area contributed by atoms with Crippen LogP contribution in [0, 0.1) is 34.5 Å². The third kappa shape index (κ3) is 2.95. The van der Waals surface area contributed by atoms with Gasteiger partial charge in [0.15, 0.2) is 0 Å². The maximum Gasteiger partial charge on any atom is 0.141 e. The number of hydrogen-bond donors (Lipinski definition) is 2. The van der Waals surface area contributed by atoms with E-state index in [9.17, 15) is 9.90 Å². The zero-order chi connectivity index (χ0) is 20.2. The molecule has 1 heterocycles. The Morgan fingerprint density at radius 1 is 1.21 bits per heavy atom. The van der Waals surface area contributed by atoms with Crippen LogP contribution in [0.15, 0.2) is 17.3 Å². The molecule has 5 aliphatic rings. The second-order valence-corrected chi connectivity index (χ2v) is 10.7. The first-order valence-electron chi connectivity index (χ1n) is 11.7. The minimum absolute atomic E-state index is 0.0829. The van der Waals surface area contributed by atoms with Crippen molar-refractivity contribution in [3.63, 3.8) is 0 Å². The summed E-state index contributed by atoms with van der Waals surface area (Å²) in [5, 5.41) is 18.4. The van der Waals surface area contributed by atoms with E-state index in [1.165, 1.54) is 18.4 Å². The summed E-state index contributed by atoms with van der Waals surface area (Å²) in [6, 6.07) is 0. The lowest BCUT2D eigenvalue weighted by molar-refractivity contribution is -0.156. The lowest BCUT2D eigenvalue weighted by Gasteiger charge is -2.59. The number of fused-ring (bicyclic) bond motifs is 5. The molecule has 5 heteroatoms. The molecule has 160 valence electrons. The van der Waals surface area contributed by atoms with Crippen molar-refractivity contribution in [1.29, 1.82) is 0 Å². The number of hydrogen-bond acceptors (Lipinski definition) is 5. The number of nitrogens with one attached hydrogen (secondary N) is 1. The average molecular weight is 401 g/mol. The van der Waals surface area contributed by atoms with E-state index in [2.05, 4.69) is 24.0 Å². The van der Waals surface area contributed by atoms with Crippen molar-refractivity contribution in [3.05, 3.63) is 12.2 Å². The van der Waals surface area contributed by atoms with E-state index in [1.54, 1.807) is 0 Å². The van der Waals surface area contributed by atoms with Crippen LogP contribution >= 0.6 is 0 Å². The molecule has 5 fully saturated rings. The van der Waals surface area contributed by atoms with Crippen LogP contribution in [0.5, 0.6) is 0 Å². The van der Waals surface area contributed by atoms with Crippen LogP contribution in [-0.2, 0) is 9.63 Å². The lowest BCUT2D eigenvalue weighted by Crippen LogP contribution is -2.58. The molecule has 0 spiro atoms. The molecule has 29 heavy (non-hydrogen) atoms. The van der Waals surface area contributed by atoms with Crippen LogP contribution < -0.4 is 5.32 Å². The number of nitrogens with zero attached hydrogens (tertiary/aromatic N) is 1. The van der Waals surface area contributed by atoms with Crippen molar-refractivity contribution >= 4 is 11.5 Å². The molecule has 5 nitrogen and oxygen atoms in total. The molecule has 2 N–H and O–H groups in total. The summed E-state index contributed by atoms with van der Waals surface area (Å²) < 4.78 is 0. The third-order valence-corrected chi connectivity index (χ3v) is 9.61. The minimum Gasteiger partial charge on any atom is -0.396 e. The Labute approximate surface area is 174 Å². The van der Waals surface area contributed by atoms with Crippen molar-refractivity contribution in [1.82, 2.24) is 5.32 Å². The molecule has 0 radical (unpaired) electrons. The molecule has 0 bridgehead atoms. The van der Waals surface area contributed by atoms with Crippen LogP contribution in [0.1, 0.15) is 64.7 Å². The van der Waals surface area contributed by atoms with Gasteiger partial charge in [0.25, 0.3) is 0 Å². The van der Waals surface area contributed by atoms with Crippen molar-refractivity contribution in [2.45, 2.75) is 70.8 Å². The Bertz CT molecular complexity index is 728. The minimum atomic E-state index is -0.251. The van der Waals surface area contributed by atoms with Gasteiger partial charge in [0.2, 0.25) is 0 Å². The molecule has 4 saturated carbocycles. The smallest absolute Gasteiger partial charge is 0.141 e. The summed E-state index contributed by atoms with van der Waals surface area (Å²) >= 11 is 0. The monoisotopic (exact) mass is 400 g/mol. The number of carbonyl (C=O) groups is 1. The standard InChI is InChI=1S/C24H36N2O3/c1-15-3-4-19-18-12-22(28)21-11-16(26-29-17-7-10-25-13-17)5-9-24(21,14-27)20(18)6-8-23(15,19)2/h17-21,25,27H,1,3-14H2,2H3/t17?,18?,19?,20?,21?,23-,24+/m1/s1. The summed E-state index contributed by atoms with van der Waals surface area (Å²) in [5.41, 5.74) is 2.37. The Kier molecular flexibility index (Phi) is 4.90. The van der Waals surface area contributed by atoms with Gasteiger partial charge in [0.05, 0.1) is 5.71 Å². The van der Waals surface area contributed by atoms with Gasteiger partial charge in [0, 0.05) is 37.3 Å². The molecule has 1 aliphatic heterocycles. The molecule has 5 rings (SSSR count). The molecule has 0 aromatic heterocycles. The van der Waals surface area contributed by atoms with E-state index in [0.29, 0.717) is 36.4 Å². The quantitative estimate of drug-likeness (QED) is 0.562. The van der Waals surface area contributed by atoms with Gasteiger partial charge in [-0.15, -0.1) is 0 Å². The summed E-state index contributed by atoms with van der Waals surface area (Å²) in [6.07, 6.45) is 8.81. The Hall–Kier alpha value is -1.20. The number of ketones is 1. The van der Waals surface area contributed by atoms with Gasteiger partial charge in [0.1, 0.15) is 11.9 Å². The molecule has 4 aliphatic carbocycles. The summed E-state index contributed by atoms with van der Waals surface area (Å²) in [7, 11) is 0. The Morgan fingerprint density at radius 3 is 2.83 bits per heavy atom. The van der Waals surface area contributed by atoms with Crippen LogP contribution in [0.4, 0.5) is 0 Å². The number of aliphatic hydroxyl groups is 1. The van der Waals surface area contributed by atoms with Crippen LogP contribution in [0.3, 0.4) is 0 Å². The summed E-state index contributed by atoms with van der Waals surface area (Å²) in [4.78, 5) is 19.1. The molecule has 5 unspecified atom stereocenters. The van der Waals surface area contributed by atoms with Gasteiger partial charge in [-0.1, -0.05) is 24.2 Å². The van der Waals surface area contributed by atoms with E-state index < -0.39 is 0 Å². The third-order valence-electron chi connectivity index (χ3n) is 9.61. The molecular formula is C24H36N2O3. The largest absolute Gasteiger partial charge is 0.396 e. The maximum atomic E-state index is 13.4. The van der Waals surface area contributed by atoms with Crippen LogP contribution in [0.25, 0.3) is 0 Å². The van der Waals surface area contributed by atoms with Crippen molar-refractivity contribution in [2.75, 3.05) is 19.7 Å². The number of aliphatic hydroxyl groups excluding tert-OH is 1. The second kappa shape index (κ2) is 7.19. The van der Waals surface area contributed by atoms with Gasteiger partial charge in [-0.3, -0.25) is 4.79 Å². The number of oxime groups is 1. The first kappa shape index (κ1) is 19.7. The first-order valence-corrected chi connectivity index (χ1v) is 11.7. The fourth-order valence-corrected chi connectivity index (χ4v) is 7.79. The van der Waals surface area contributed by atoms with Gasteiger partial charge < -0.3 is 15.3 Å². The van der Waals surface area contributed by atoms with Gasteiger partial charge in [-0.2, -0.15) is 0 Å². The molecule has 0 amide bonds. The topological polar surface area (TPSA) is 70.9 Å². The number of carbonyl (C=O) groups excluding carboxylic acids is 1. The van der Waals surface area contributed by atoms with Gasteiger partial charge in [-0.05, 0) is 74.7 Å². The van der Waals surface area contributed by atoms with E-state index in [0.717, 1.165) is 50.9 Å². The zero-order valence-corrected chi connectivity index (χ0v) is 17.8. The molecule has 1 saturated heterocycles. The summed E-state index contributed by atoms with van der Waals surface area (Å²) in [5.74, 6) is 1.72. The fraction of sp³-hybridized carbons (Fsp3) is 0.833. The number of allylic oxidation sites excluding steroid dienone is 1. The highest BCUT2D eigenvalue weighted by molar-refractivity contribution is 5.93. The predicted octanol–water partition coefficient (Wildman–Crippen LogP) is 3.47. The van der Waals surface area contributed by atoms with E-state index >= 15 is 0 Å². The number of rotatable bonds is 3.